The van der Waals surface area contributed by atoms with Crippen molar-refractivity contribution in [3.05, 3.63) is 53.0 Å². The van der Waals surface area contributed by atoms with Crippen LogP contribution in [0.5, 0.6) is 0 Å². The molecular weight excluding hydrogens is 532 g/mol. The summed E-state index contributed by atoms with van der Waals surface area (Å²) in [5, 5.41) is 8.05. The Balaban J connectivity index is 1.71. The fourth-order valence-corrected chi connectivity index (χ4v) is 5.77. The monoisotopic (exact) mass is 564 g/mol. The number of rotatable bonds is 10. The Morgan fingerprint density at radius 1 is 1.13 bits per heavy atom. The Hall–Kier alpha value is -2.51. The van der Waals surface area contributed by atoms with Crippen LogP contribution in [0.1, 0.15) is 57.2 Å². The molecule has 1 aliphatic rings. The molecule has 0 aliphatic carbocycles. The maximum atomic E-state index is 13.8. The van der Waals surface area contributed by atoms with E-state index in [0.29, 0.717) is 36.4 Å². The lowest BCUT2D eigenvalue weighted by molar-refractivity contribution is -0.105. The molecule has 0 amide bonds. The molecule has 206 valence electrons. The van der Waals surface area contributed by atoms with Gasteiger partial charge in [-0.15, -0.1) is 10.2 Å². The van der Waals surface area contributed by atoms with Crippen LogP contribution >= 0.6 is 11.6 Å². The first kappa shape index (κ1) is 28.5. The van der Waals surface area contributed by atoms with Crippen molar-refractivity contribution in [1.29, 1.82) is 0 Å². The second kappa shape index (κ2) is 12.1. The van der Waals surface area contributed by atoms with Gasteiger partial charge in [-0.1, -0.05) is 17.7 Å². The van der Waals surface area contributed by atoms with E-state index in [1.165, 1.54) is 12.4 Å². The molecule has 1 fully saturated rings. The summed E-state index contributed by atoms with van der Waals surface area (Å²) in [4.78, 5) is 13.0. The first-order chi connectivity index (χ1) is 18.1. The molecule has 1 aliphatic heterocycles. The van der Waals surface area contributed by atoms with Gasteiger partial charge in [0.1, 0.15) is 29.5 Å². The van der Waals surface area contributed by atoms with Crippen molar-refractivity contribution in [3.8, 4) is 11.5 Å². The molecule has 38 heavy (non-hydrogen) atoms. The van der Waals surface area contributed by atoms with Crippen LogP contribution in [0.4, 0.5) is 0 Å². The van der Waals surface area contributed by atoms with Crippen LogP contribution in [0.2, 0.25) is 5.02 Å². The van der Waals surface area contributed by atoms with Crippen LogP contribution in [-0.4, -0.2) is 75.4 Å². The number of hydrogen-bond acceptors (Lipinski definition) is 10. The predicted octanol–water partition coefficient (Wildman–Crippen LogP) is 3.54. The number of sulfone groups is 1. The van der Waals surface area contributed by atoms with Gasteiger partial charge in [-0.2, -0.15) is 0 Å². The molecule has 4 atom stereocenters. The molecular formula is C25H33ClN6O5S. The third-order valence-electron chi connectivity index (χ3n) is 6.31. The largest absolute Gasteiger partial charge is 0.376 e. The van der Waals surface area contributed by atoms with Gasteiger partial charge in [-0.25, -0.2) is 23.4 Å². The predicted molar refractivity (Wildman–Crippen MR) is 141 cm³/mol. The van der Waals surface area contributed by atoms with Crippen molar-refractivity contribution in [2.75, 3.05) is 19.8 Å². The normalized spacial score (nSPS) is 18.9. The molecule has 0 radical (unpaired) electrons. The number of pyridine rings is 1. The fraction of sp³-hybridized carbons (Fsp3) is 0.560. The fourth-order valence-electron chi connectivity index (χ4n) is 4.29. The van der Waals surface area contributed by atoms with Gasteiger partial charge in [-0.3, -0.25) is 0 Å². The summed E-state index contributed by atoms with van der Waals surface area (Å²) in [7, 11) is -3.83. The number of halogens is 1. The molecule has 3 aromatic heterocycles. The van der Waals surface area contributed by atoms with E-state index in [0.717, 1.165) is 5.69 Å². The molecule has 4 rings (SSSR count). The van der Waals surface area contributed by atoms with Crippen LogP contribution in [0.15, 0.2) is 30.6 Å². The number of aryl methyl sites for hydroxylation is 1. The zero-order valence-corrected chi connectivity index (χ0v) is 23.7. The SMILES string of the molecule is Cc1cccc(-c2nnc(CS(=O)(=O)[C@@H](C)[C@@H](OC(C)C)c3ncc(Cl)cn3)n2[C@@H](C)[C@@H]2COCCO2)n1. The van der Waals surface area contributed by atoms with Gasteiger partial charge >= 0.3 is 0 Å². The van der Waals surface area contributed by atoms with Crippen molar-refractivity contribution < 1.29 is 22.6 Å². The van der Waals surface area contributed by atoms with E-state index in [1.807, 2.05) is 45.9 Å². The second-order valence-electron chi connectivity index (χ2n) is 9.58. The molecule has 0 unspecified atom stereocenters. The smallest absolute Gasteiger partial charge is 0.182 e. The lowest BCUT2D eigenvalue weighted by Gasteiger charge is -2.30. The summed E-state index contributed by atoms with van der Waals surface area (Å²) in [5.74, 6) is 0.601. The van der Waals surface area contributed by atoms with Crippen molar-refractivity contribution >= 4 is 21.4 Å². The Kier molecular flexibility index (Phi) is 9.09. The minimum absolute atomic E-state index is 0.242. The standard InChI is InChI=1S/C25H33ClN6O5S/c1-15(2)37-23(24-27-11-19(26)12-28-24)18(5)38(33,34)14-22-30-31-25(20-8-6-7-16(3)29-20)32(22)17(4)21-13-35-9-10-36-21/h6-8,11-12,15,17-18,21,23H,9-10,13-14H2,1-5H3/t17-,18-,21-,23+/m0/s1. The highest BCUT2D eigenvalue weighted by Gasteiger charge is 2.37. The van der Waals surface area contributed by atoms with E-state index in [1.54, 1.807) is 11.5 Å². The van der Waals surface area contributed by atoms with E-state index in [9.17, 15) is 8.42 Å². The van der Waals surface area contributed by atoms with Gasteiger partial charge in [-0.05, 0) is 46.8 Å². The van der Waals surface area contributed by atoms with Crippen LogP contribution < -0.4 is 0 Å². The number of nitrogens with zero attached hydrogens (tertiary/aromatic N) is 6. The highest BCUT2D eigenvalue weighted by atomic mass is 35.5. The van der Waals surface area contributed by atoms with Crippen LogP contribution in [-0.2, 0) is 29.8 Å². The lowest BCUT2D eigenvalue weighted by atomic mass is 10.1. The minimum atomic E-state index is -3.83. The summed E-state index contributed by atoms with van der Waals surface area (Å²) in [6, 6.07) is 5.27. The molecule has 1 saturated heterocycles. The highest BCUT2D eigenvalue weighted by Crippen LogP contribution is 2.30. The summed E-state index contributed by atoms with van der Waals surface area (Å²) in [6.45, 7) is 10.4. The summed E-state index contributed by atoms with van der Waals surface area (Å²) < 4.78 is 46.9. The van der Waals surface area contributed by atoms with Gasteiger partial charge in [0.25, 0.3) is 0 Å². The Morgan fingerprint density at radius 3 is 2.50 bits per heavy atom. The average molecular weight is 565 g/mol. The van der Waals surface area contributed by atoms with Gasteiger partial charge in [0.15, 0.2) is 21.5 Å². The van der Waals surface area contributed by atoms with Gasteiger partial charge < -0.3 is 18.8 Å². The minimum Gasteiger partial charge on any atom is -0.376 e. The Morgan fingerprint density at radius 2 is 1.87 bits per heavy atom. The Bertz CT molecular complexity index is 1330. The second-order valence-corrected chi connectivity index (χ2v) is 12.4. The van der Waals surface area contributed by atoms with Gasteiger partial charge in [0, 0.05) is 18.1 Å². The molecule has 11 nitrogen and oxygen atoms in total. The number of aromatic nitrogens is 6. The summed E-state index contributed by atoms with van der Waals surface area (Å²) in [6.07, 6.45) is 1.38. The first-order valence-electron chi connectivity index (χ1n) is 12.5. The summed E-state index contributed by atoms with van der Waals surface area (Å²) in [5.41, 5.74) is 1.40. The zero-order chi connectivity index (χ0) is 27.4. The molecule has 3 aromatic rings. The maximum absolute atomic E-state index is 13.8. The third-order valence-corrected chi connectivity index (χ3v) is 8.54. The quantitative estimate of drug-likeness (QED) is 0.360. The van der Waals surface area contributed by atoms with Crippen molar-refractivity contribution in [3.63, 3.8) is 0 Å². The Labute approximate surface area is 227 Å². The molecule has 0 bridgehead atoms. The molecule has 4 heterocycles. The van der Waals surface area contributed by atoms with Crippen molar-refractivity contribution in [1.82, 2.24) is 29.7 Å². The zero-order valence-electron chi connectivity index (χ0n) is 22.1. The lowest BCUT2D eigenvalue weighted by Crippen LogP contribution is -2.37. The van der Waals surface area contributed by atoms with Gasteiger partial charge in [0.2, 0.25) is 0 Å². The van der Waals surface area contributed by atoms with Crippen LogP contribution in [0.3, 0.4) is 0 Å². The van der Waals surface area contributed by atoms with E-state index < -0.39 is 21.2 Å². The van der Waals surface area contributed by atoms with E-state index in [-0.39, 0.29) is 35.7 Å². The number of hydrogen-bond donors (Lipinski definition) is 0. The third kappa shape index (κ3) is 6.55. The summed E-state index contributed by atoms with van der Waals surface area (Å²) >= 11 is 5.95. The average Bonchev–Trinajstić information content (AvgIpc) is 3.30. The van der Waals surface area contributed by atoms with E-state index in [4.69, 9.17) is 25.8 Å². The first-order valence-corrected chi connectivity index (χ1v) is 14.6. The molecule has 0 aromatic carbocycles. The van der Waals surface area contributed by atoms with Crippen LogP contribution in [0.25, 0.3) is 11.5 Å². The molecule has 13 heteroatoms. The molecule has 0 saturated carbocycles. The molecule has 0 N–H and O–H groups in total. The van der Waals surface area contributed by atoms with Gasteiger partial charge in [0.05, 0.1) is 42.2 Å². The van der Waals surface area contributed by atoms with E-state index in [2.05, 4.69) is 25.1 Å². The van der Waals surface area contributed by atoms with Crippen molar-refractivity contribution in [2.45, 2.75) is 70.0 Å². The van der Waals surface area contributed by atoms with E-state index >= 15 is 0 Å². The maximum Gasteiger partial charge on any atom is 0.182 e. The van der Waals surface area contributed by atoms with Crippen LogP contribution in [0, 0.1) is 6.92 Å². The van der Waals surface area contributed by atoms with Crippen molar-refractivity contribution in [2.24, 2.45) is 0 Å². The highest BCUT2D eigenvalue weighted by molar-refractivity contribution is 7.91. The topological polar surface area (TPSA) is 131 Å². The number of ether oxygens (including phenoxy) is 3. The molecule has 0 spiro atoms.